The number of nitrogens with one attached hydrogen (secondary N) is 2. The molecule has 0 radical (unpaired) electrons. The summed E-state index contributed by atoms with van der Waals surface area (Å²) in [6, 6.07) is 16.1. The van der Waals surface area contributed by atoms with Crippen molar-refractivity contribution < 1.29 is 23.9 Å². The third-order valence-corrected chi connectivity index (χ3v) is 8.23. The number of nitrogens with two attached hydrogens (primary N) is 1. The van der Waals surface area contributed by atoms with Gasteiger partial charge in [0.15, 0.2) is 5.69 Å². The van der Waals surface area contributed by atoms with Crippen LogP contribution in [-0.4, -0.2) is 43.0 Å². The van der Waals surface area contributed by atoms with Gasteiger partial charge in [-0.05, 0) is 71.3 Å². The first kappa shape index (κ1) is 29.9. The highest BCUT2D eigenvalue weighted by Crippen LogP contribution is 2.43. The van der Waals surface area contributed by atoms with Crippen molar-refractivity contribution in [1.82, 2.24) is 10.3 Å². The van der Waals surface area contributed by atoms with Gasteiger partial charge in [0.25, 0.3) is 11.8 Å². The third kappa shape index (κ3) is 6.60. The number of methoxy groups -OCH3 is 1. The monoisotopic (exact) mass is 598 g/mol. The van der Waals surface area contributed by atoms with Gasteiger partial charge in [0.05, 0.1) is 13.7 Å². The van der Waals surface area contributed by atoms with Gasteiger partial charge < -0.3 is 25.8 Å². The Morgan fingerprint density at radius 2 is 1.81 bits per heavy atom. The summed E-state index contributed by atoms with van der Waals surface area (Å²) >= 11 is 1.58. The second kappa shape index (κ2) is 13.2. The topological polar surface area (TPSA) is 133 Å². The molecule has 5 rings (SSSR count). The number of amides is 2. The van der Waals surface area contributed by atoms with E-state index in [0.29, 0.717) is 53.7 Å². The summed E-state index contributed by atoms with van der Waals surface area (Å²) in [7, 11) is 1.25. The maximum absolute atomic E-state index is 13.9. The molecule has 0 unspecified atom stereocenters. The van der Waals surface area contributed by atoms with Gasteiger partial charge in [-0.2, -0.15) is 0 Å². The predicted molar refractivity (Wildman–Crippen MR) is 168 cm³/mol. The Labute approximate surface area is 254 Å². The molecule has 3 heterocycles. The van der Waals surface area contributed by atoms with Crippen molar-refractivity contribution in [3.63, 3.8) is 0 Å². The van der Waals surface area contributed by atoms with Gasteiger partial charge in [0, 0.05) is 52.3 Å². The Hall–Kier alpha value is -4.54. The number of pyridine rings is 1. The van der Waals surface area contributed by atoms with Crippen molar-refractivity contribution in [2.45, 2.75) is 33.2 Å². The molecule has 4 N–H and O–H groups in total. The van der Waals surface area contributed by atoms with E-state index < -0.39 is 11.9 Å². The van der Waals surface area contributed by atoms with Crippen molar-refractivity contribution in [3.8, 4) is 27.3 Å². The zero-order valence-electron chi connectivity index (χ0n) is 24.4. The summed E-state index contributed by atoms with van der Waals surface area (Å²) in [6.07, 6.45) is 1.54. The van der Waals surface area contributed by atoms with Crippen LogP contribution in [0.3, 0.4) is 0 Å². The SMILES string of the molecule is COC(=O)c1nc(C(=O)NCCC(C)C)ccc1-c1cc2c(cc1C(=O)Nc1ccc(CN)cc1)-c1sccc1CCO2. The first-order valence-electron chi connectivity index (χ1n) is 14.1. The second-order valence-electron chi connectivity index (χ2n) is 10.6. The number of ether oxygens (including phenoxy) is 2. The maximum Gasteiger partial charge on any atom is 0.357 e. The van der Waals surface area contributed by atoms with Crippen LogP contribution in [0.4, 0.5) is 5.69 Å². The van der Waals surface area contributed by atoms with Crippen LogP contribution in [0.25, 0.3) is 21.6 Å². The number of esters is 1. The van der Waals surface area contributed by atoms with E-state index in [1.54, 1.807) is 47.7 Å². The maximum atomic E-state index is 13.9. The average molecular weight is 599 g/mol. The van der Waals surface area contributed by atoms with Gasteiger partial charge in [-0.25, -0.2) is 9.78 Å². The molecule has 0 saturated heterocycles. The molecule has 0 aliphatic carbocycles. The zero-order chi connectivity index (χ0) is 30.5. The molecular formula is C33H34N4O5S. The number of rotatable bonds is 9. The Morgan fingerprint density at radius 3 is 2.53 bits per heavy atom. The van der Waals surface area contributed by atoms with Crippen LogP contribution in [0, 0.1) is 5.92 Å². The van der Waals surface area contributed by atoms with E-state index in [-0.39, 0.29) is 17.3 Å². The quantitative estimate of drug-likeness (QED) is 0.211. The highest BCUT2D eigenvalue weighted by molar-refractivity contribution is 7.13. The van der Waals surface area contributed by atoms with Crippen LogP contribution in [0.15, 0.2) is 60.0 Å². The molecule has 0 saturated carbocycles. The molecule has 9 nitrogen and oxygen atoms in total. The predicted octanol–water partition coefficient (Wildman–Crippen LogP) is 5.69. The van der Waals surface area contributed by atoms with Crippen LogP contribution in [-0.2, 0) is 17.7 Å². The molecule has 0 spiro atoms. The fourth-order valence-electron chi connectivity index (χ4n) is 4.87. The number of hydrogen-bond donors (Lipinski definition) is 3. The van der Waals surface area contributed by atoms with Crippen LogP contribution < -0.4 is 21.1 Å². The van der Waals surface area contributed by atoms with Crippen LogP contribution >= 0.6 is 11.3 Å². The fraction of sp³-hybridized carbons (Fsp3) is 0.273. The van der Waals surface area contributed by atoms with Crippen LogP contribution in [0.5, 0.6) is 5.75 Å². The summed E-state index contributed by atoms with van der Waals surface area (Å²) in [5, 5.41) is 7.84. The summed E-state index contributed by atoms with van der Waals surface area (Å²) in [5.74, 6) is -0.498. The number of thiophene rings is 1. The number of carbonyl (C=O) groups is 3. The Kier molecular flexibility index (Phi) is 9.18. The molecule has 2 aromatic heterocycles. The molecule has 43 heavy (non-hydrogen) atoms. The molecule has 10 heteroatoms. The number of aromatic nitrogens is 1. The van der Waals surface area contributed by atoms with E-state index in [1.165, 1.54) is 7.11 Å². The fourth-order valence-corrected chi connectivity index (χ4v) is 5.85. The van der Waals surface area contributed by atoms with Gasteiger partial charge in [-0.15, -0.1) is 11.3 Å². The first-order chi connectivity index (χ1) is 20.8. The standard InChI is InChI=1S/C33H34N4O5S/c1-19(2)10-13-35-32(39)27-9-8-23(29(37-27)33(40)41-3)24-17-28-26(30-21(11-14-42-28)12-15-43-30)16-25(24)31(38)36-22-6-4-20(18-34)5-7-22/h4-9,12,15-17,19H,10-11,13-14,18,34H2,1-3H3,(H,35,39)(H,36,38). The molecule has 1 aliphatic heterocycles. The molecule has 4 aromatic rings. The summed E-state index contributed by atoms with van der Waals surface area (Å²) in [4.78, 5) is 45.2. The van der Waals surface area contributed by atoms with E-state index in [9.17, 15) is 14.4 Å². The highest BCUT2D eigenvalue weighted by Gasteiger charge is 2.27. The normalized spacial score (nSPS) is 12.0. The molecule has 0 bridgehead atoms. The number of benzene rings is 2. The third-order valence-electron chi connectivity index (χ3n) is 7.24. The van der Waals surface area contributed by atoms with Crippen LogP contribution in [0.2, 0.25) is 0 Å². The van der Waals surface area contributed by atoms with E-state index in [2.05, 4.69) is 35.5 Å². The van der Waals surface area contributed by atoms with Crippen molar-refractivity contribution in [2.75, 3.05) is 25.6 Å². The van der Waals surface area contributed by atoms with Gasteiger partial charge in [-0.1, -0.05) is 26.0 Å². The van der Waals surface area contributed by atoms with Crippen molar-refractivity contribution in [3.05, 3.63) is 88.1 Å². The highest BCUT2D eigenvalue weighted by atomic mass is 32.1. The number of hydrogen-bond acceptors (Lipinski definition) is 8. The van der Waals surface area contributed by atoms with Gasteiger partial charge in [0.2, 0.25) is 0 Å². The second-order valence-corrected chi connectivity index (χ2v) is 11.6. The first-order valence-corrected chi connectivity index (χ1v) is 15.0. The minimum Gasteiger partial charge on any atom is -0.493 e. The Balaban J connectivity index is 1.62. The van der Waals surface area contributed by atoms with E-state index in [1.807, 2.05) is 17.5 Å². The van der Waals surface area contributed by atoms with Crippen molar-refractivity contribution in [2.24, 2.45) is 11.7 Å². The van der Waals surface area contributed by atoms with Gasteiger partial charge >= 0.3 is 5.97 Å². The zero-order valence-corrected chi connectivity index (χ0v) is 25.2. The lowest BCUT2D eigenvalue weighted by Crippen LogP contribution is -2.27. The number of nitrogens with zero attached hydrogens (tertiary/aromatic N) is 1. The molecule has 0 atom stereocenters. The molecule has 222 valence electrons. The number of carbonyl (C=O) groups excluding carboxylic acids is 3. The smallest absolute Gasteiger partial charge is 0.357 e. The molecule has 0 fully saturated rings. The number of anilines is 1. The van der Waals surface area contributed by atoms with Gasteiger partial charge in [0.1, 0.15) is 11.4 Å². The lowest BCUT2D eigenvalue weighted by molar-refractivity contribution is 0.0594. The Bertz CT molecular complexity index is 1660. The molecule has 1 aliphatic rings. The van der Waals surface area contributed by atoms with E-state index in [0.717, 1.165) is 34.4 Å². The van der Waals surface area contributed by atoms with E-state index >= 15 is 0 Å². The molecular weight excluding hydrogens is 564 g/mol. The average Bonchev–Trinajstić information content (AvgIpc) is 3.41. The van der Waals surface area contributed by atoms with Crippen LogP contribution in [0.1, 0.15) is 62.7 Å². The lowest BCUT2D eigenvalue weighted by Gasteiger charge is -2.17. The molecule has 2 aromatic carbocycles. The minimum atomic E-state index is -0.730. The van der Waals surface area contributed by atoms with Gasteiger partial charge in [-0.3, -0.25) is 9.59 Å². The Morgan fingerprint density at radius 1 is 1.02 bits per heavy atom. The largest absolute Gasteiger partial charge is 0.493 e. The lowest BCUT2D eigenvalue weighted by atomic mass is 9.93. The summed E-state index contributed by atoms with van der Waals surface area (Å²) in [6.45, 7) is 5.48. The summed E-state index contributed by atoms with van der Waals surface area (Å²) < 4.78 is 11.2. The number of fused-ring (bicyclic) bond motifs is 3. The molecule has 2 amide bonds. The van der Waals surface area contributed by atoms with Crippen molar-refractivity contribution in [1.29, 1.82) is 0 Å². The van der Waals surface area contributed by atoms with E-state index in [4.69, 9.17) is 15.2 Å². The summed E-state index contributed by atoms with van der Waals surface area (Å²) in [5.41, 5.74) is 10.3. The van der Waals surface area contributed by atoms with Crippen molar-refractivity contribution >= 4 is 34.8 Å². The minimum absolute atomic E-state index is 0.0770.